The number of rotatable bonds is 3. The fraction of sp³-hybridized carbons (Fsp3) is 0.571. The molecule has 1 fully saturated rings. The zero-order chi connectivity index (χ0) is 12.3. The topological polar surface area (TPSA) is 32.3 Å². The quantitative estimate of drug-likeness (QED) is 0.898. The maximum absolute atomic E-state index is 9.46. The van der Waals surface area contributed by atoms with Crippen molar-refractivity contribution in [1.29, 1.82) is 0 Å². The molecule has 2 nitrogen and oxygen atoms in total. The number of benzene rings is 1. The fourth-order valence-corrected chi connectivity index (χ4v) is 2.77. The molecule has 0 heterocycles. The van der Waals surface area contributed by atoms with Crippen molar-refractivity contribution in [3.05, 3.63) is 33.8 Å². The highest BCUT2D eigenvalue weighted by Gasteiger charge is 2.18. The average molecular weight is 298 g/mol. The minimum atomic E-state index is -0.0688. The van der Waals surface area contributed by atoms with Crippen molar-refractivity contribution in [3.63, 3.8) is 0 Å². The van der Waals surface area contributed by atoms with Crippen LogP contribution in [-0.4, -0.2) is 17.3 Å². The van der Waals surface area contributed by atoms with E-state index in [0.29, 0.717) is 6.04 Å². The van der Waals surface area contributed by atoms with Crippen LogP contribution in [0.2, 0.25) is 0 Å². The smallest absolute Gasteiger partial charge is 0.0541 e. The molecule has 0 radical (unpaired) electrons. The van der Waals surface area contributed by atoms with Crippen LogP contribution < -0.4 is 5.32 Å². The van der Waals surface area contributed by atoms with Crippen molar-refractivity contribution in [1.82, 2.24) is 5.32 Å². The van der Waals surface area contributed by atoms with Crippen LogP contribution in [0.25, 0.3) is 0 Å². The summed E-state index contributed by atoms with van der Waals surface area (Å²) in [5.74, 6) is 0. The van der Waals surface area contributed by atoms with Crippen LogP contribution in [0.4, 0.5) is 0 Å². The molecule has 0 amide bonds. The summed E-state index contributed by atoms with van der Waals surface area (Å²) in [4.78, 5) is 0. The molecule has 0 unspecified atom stereocenters. The summed E-state index contributed by atoms with van der Waals surface area (Å²) in [6.45, 7) is 3.07. The summed E-state index contributed by atoms with van der Waals surface area (Å²) >= 11 is 3.51. The van der Waals surface area contributed by atoms with Gasteiger partial charge >= 0.3 is 0 Å². The summed E-state index contributed by atoms with van der Waals surface area (Å²) in [5, 5.41) is 13.1. The summed E-state index contributed by atoms with van der Waals surface area (Å²) in [6, 6.07) is 6.97. The van der Waals surface area contributed by atoms with Gasteiger partial charge in [-0.25, -0.2) is 0 Å². The first-order valence-corrected chi connectivity index (χ1v) is 7.11. The van der Waals surface area contributed by atoms with Gasteiger partial charge < -0.3 is 10.4 Å². The minimum absolute atomic E-state index is 0.0688. The fourth-order valence-electron chi connectivity index (χ4n) is 2.36. The average Bonchev–Trinajstić information content (AvgIpc) is 2.32. The molecule has 2 N–H and O–H groups in total. The lowest BCUT2D eigenvalue weighted by Gasteiger charge is -2.26. The van der Waals surface area contributed by atoms with E-state index in [2.05, 4.69) is 46.4 Å². The van der Waals surface area contributed by atoms with E-state index in [1.165, 1.54) is 11.1 Å². The SMILES string of the molecule is Cc1ccc(Br)cc1CNC1CCC(O)CC1. The van der Waals surface area contributed by atoms with Crippen molar-refractivity contribution in [2.24, 2.45) is 0 Å². The summed E-state index contributed by atoms with van der Waals surface area (Å²) < 4.78 is 1.14. The van der Waals surface area contributed by atoms with E-state index in [4.69, 9.17) is 0 Å². The Labute approximate surface area is 112 Å². The molecular weight excluding hydrogens is 278 g/mol. The Morgan fingerprint density at radius 3 is 2.71 bits per heavy atom. The Morgan fingerprint density at radius 1 is 1.29 bits per heavy atom. The number of hydrogen-bond acceptors (Lipinski definition) is 2. The Morgan fingerprint density at radius 2 is 2.00 bits per heavy atom. The second kappa shape index (κ2) is 5.98. The highest BCUT2D eigenvalue weighted by atomic mass is 79.9. The van der Waals surface area contributed by atoms with Crippen LogP contribution in [0.5, 0.6) is 0 Å². The maximum Gasteiger partial charge on any atom is 0.0541 e. The minimum Gasteiger partial charge on any atom is -0.393 e. The van der Waals surface area contributed by atoms with Gasteiger partial charge in [-0.1, -0.05) is 22.0 Å². The van der Waals surface area contributed by atoms with Gasteiger partial charge in [0, 0.05) is 17.1 Å². The Bertz CT molecular complexity index is 372. The third-order valence-electron chi connectivity index (χ3n) is 3.59. The van der Waals surface area contributed by atoms with Gasteiger partial charge in [0.05, 0.1) is 6.10 Å². The van der Waals surface area contributed by atoms with E-state index in [0.717, 1.165) is 36.7 Å². The number of aliphatic hydroxyl groups excluding tert-OH is 1. The number of hydrogen-bond donors (Lipinski definition) is 2. The second-order valence-electron chi connectivity index (χ2n) is 4.96. The summed E-state index contributed by atoms with van der Waals surface area (Å²) in [5.41, 5.74) is 2.68. The van der Waals surface area contributed by atoms with Crippen LogP contribution in [0.15, 0.2) is 22.7 Å². The Kier molecular flexibility index (Phi) is 4.60. The molecule has 3 heteroatoms. The molecule has 0 bridgehead atoms. The van der Waals surface area contributed by atoms with Crippen LogP contribution >= 0.6 is 15.9 Å². The van der Waals surface area contributed by atoms with Gasteiger partial charge in [0.15, 0.2) is 0 Å². The maximum atomic E-state index is 9.46. The predicted octanol–water partition coefficient (Wildman–Crippen LogP) is 3.15. The van der Waals surface area contributed by atoms with Gasteiger partial charge in [-0.2, -0.15) is 0 Å². The van der Waals surface area contributed by atoms with E-state index in [1.807, 2.05) is 0 Å². The van der Waals surface area contributed by atoms with Crippen LogP contribution in [-0.2, 0) is 6.54 Å². The van der Waals surface area contributed by atoms with Crippen molar-refractivity contribution in [2.75, 3.05) is 0 Å². The molecule has 1 aliphatic carbocycles. The number of nitrogens with one attached hydrogen (secondary N) is 1. The first-order chi connectivity index (χ1) is 8.15. The van der Waals surface area contributed by atoms with Gasteiger partial charge in [0.2, 0.25) is 0 Å². The molecule has 17 heavy (non-hydrogen) atoms. The molecule has 1 aromatic carbocycles. The Balaban J connectivity index is 1.87. The van der Waals surface area contributed by atoms with Crippen molar-refractivity contribution in [3.8, 4) is 0 Å². The lowest BCUT2D eigenvalue weighted by atomic mass is 9.93. The van der Waals surface area contributed by atoms with Gasteiger partial charge in [-0.3, -0.25) is 0 Å². The van der Waals surface area contributed by atoms with E-state index in [1.54, 1.807) is 0 Å². The van der Waals surface area contributed by atoms with Crippen molar-refractivity contribution < 1.29 is 5.11 Å². The van der Waals surface area contributed by atoms with E-state index >= 15 is 0 Å². The molecule has 1 saturated carbocycles. The van der Waals surface area contributed by atoms with Crippen molar-refractivity contribution >= 4 is 15.9 Å². The molecule has 1 aliphatic rings. The third kappa shape index (κ3) is 3.80. The molecule has 0 aromatic heterocycles. The molecule has 94 valence electrons. The summed E-state index contributed by atoms with van der Waals surface area (Å²) in [7, 11) is 0. The monoisotopic (exact) mass is 297 g/mol. The number of aliphatic hydroxyl groups is 1. The normalized spacial score (nSPS) is 24.9. The van der Waals surface area contributed by atoms with Gasteiger partial charge in [0.1, 0.15) is 0 Å². The second-order valence-corrected chi connectivity index (χ2v) is 5.87. The van der Waals surface area contributed by atoms with Crippen molar-refractivity contribution in [2.45, 2.75) is 51.3 Å². The van der Waals surface area contributed by atoms with Crippen LogP contribution in [0.3, 0.4) is 0 Å². The number of aryl methyl sites for hydroxylation is 1. The van der Waals surface area contributed by atoms with E-state index < -0.39 is 0 Å². The molecular formula is C14H20BrNO. The molecule has 2 rings (SSSR count). The van der Waals surface area contributed by atoms with E-state index in [9.17, 15) is 5.11 Å². The summed E-state index contributed by atoms with van der Waals surface area (Å²) in [6.07, 6.45) is 3.99. The zero-order valence-corrected chi connectivity index (χ0v) is 11.8. The van der Waals surface area contributed by atoms with Crippen LogP contribution in [0, 0.1) is 6.92 Å². The molecule has 1 aromatic rings. The highest BCUT2D eigenvalue weighted by molar-refractivity contribution is 9.10. The molecule has 0 spiro atoms. The standard InChI is InChI=1S/C14H20BrNO/c1-10-2-3-12(15)8-11(10)9-16-13-4-6-14(17)7-5-13/h2-3,8,13-14,16-17H,4-7,9H2,1H3. The first kappa shape index (κ1) is 13.1. The Hall–Kier alpha value is -0.380. The lowest BCUT2D eigenvalue weighted by Crippen LogP contribution is -2.34. The van der Waals surface area contributed by atoms with Gasteiger partial charge in [-0.15, -0.1) is 0 Å². The molecule has 0 atom stereocenters. The van der Waals surface area contributed by atoms with E-state index in [-0.39, 0.29) is 6.10 Å². The van der Waals surface area contributed by atoms with Gasteiger partial charge in [-0.05, 0) is 55.9 Å². The highest BCUT2D eigenvalue weighted by Crippen LogP contribution is 2.20. The largest absolute Gasteiger partial charge is 0.393 e. The van der Waals surface area contributed by atoms with Crippen LogP contribution in [0.1, 0.15) is 36.8 Å². The first-order valence-electron chi connectivity index (χ1n) is 6.31. The lowest BCUT2D eigenvalue weighted by molar-refractivity contribution is 0.116. The molecule has 0 saturated heterocycles. The zero-order valence-electron chi connectivity index (χ0n) is 10.2. The molecule has 0 aliphatic heterocycles. The predicted molar refractivity (Wildman–Crippen MR) is 74.0 cm³/mol. The third-order valence-corrected chi connectivity index (χ3v) is 4.08. The number of halogens is 1. The van der Waals surface area contributed by atoms with Gasteiger partial charge in [0.25, 0.3) is 0 Å².